The Hall–Kier alpha value is -1.74. The third kappa shape index (κ3) is 4.15. The highest BCUT2D eigenvalue weighted by atomic mass is 32.1. The fourth-order valence-corrected chi connectivity index (χ4v) is 5.55. The van der Waals surface area contributed by atoms with Crippen LogP contribution in [0.4, 0.5) is 0 Å². The van der Waals surface area contributed by atoms with Crippen molar-refractivity contribution >= 4 is 22.9 Å². The lowest BCUT2D eigenvalue weighted by atomic mass is 9.85. The molecule has 0 fully saturated rings. The van der Waals surface area contributed by atoms with Gasteiger partial charge in [0.25, 0.3) is 0 Å². The molecule has 0 spiro atoms. The van der Waals surface area contributed by atoms with Gasteiger partial charge >= 0.3 is 0 Å². The molecule has 1 aromatic carbocycles. The first-order valence-corrected chi connectivity index (χ1v) is 11.6. The summed E-state index contributed by atoms with van der Waals surface area (Å²) in [4.78, 5) is 25.7. The fraction of sp³-hybridized carbons (Fsp3) is 0.520. The van der Waals surface area contributed by atoms with Crippen LogP contribution >= 0.6 is 11.3 Å². The summed E-state index contributed by atoms with van der Waals surface area (Å²) in [7, 11) is 0. The molecule has 0 atom stereocenters. The number of fused-ring (bicyclic) bond motifs is 5. The highest BCUT2D eigenvalue weighted by molar-refractivity contribution is 7.14. The van der Waals surface area contributed by atoms with Crippen molar-refractivity contribution in [2.24, 2.45) is 5.92 Å². The lowest BCUT2D eigenvalue weighted by molar-refractivity contribution is 0.0992. The Kier molecular flexibility index (Phi) is 6.87. The molecule has 4 rings (SSSR count). The third-order valence-corrected chi connectivity index (χ3v) is 7.50. The highest BCUT2D eigenvalue weighted by Gasteiger charge is 2.29. The van der Waals surface area contributed by atoms with Crippen molar-refractivity contribution in [2.75, 3.05) is 0 Å². The first-order valence-electron chi connectivity index (χ1n) is 10.8. The molecule has 0 bridgehead atoms. The lowest BCUT2D eigenvalue weighted by Gasteiger charge is -2.19. The average molecular weight is 397 g/mol. The molecule has 2 aliphatic rings. The third-order valence-electron chi connectivity index (χ3n) is 6.20. The number of aryl methyl sites for hydroxylation is 2. The average Bonchev–Trinajstić information content (AvgIpc) is 3.30. The predicted molar refractivity (Wildman–Crippen MR) is 119 cm³/mol. The number of carbonyl (C=O) groups is 2. The predicted octanol–water partition coefficient (Wildman–Crippen LogP) is 7.07. The molecule has 0 unspecified atom stereocenters. The number of Topliss-reactive ketones (excluding diaryl/α,β-unsaturated/α-hetero) is 2. The van der Waals surface area contributed by atoms with Gasteiger partial charge in [-0.15, -0.1) is 11.3 Å². The standard InChI is InChI=1S/C17H14O2S.C8H18/c1-9(18)16-8-13-15(20-16)7-3-10-2-4-11-12(17(10)13)5-6-14(11)19;1-4-7-8(5-2)6-3/h2,4,8H,3,5-7H2,1H3;8H,4-7H2,1-3H3. The maximum atomic E-state index is 11.9. The van der Waals surface area contributed by atoms with Crippen molar-refractivity contribution in [3.05, 3.63) is 44.6 Å². The van der Waals surface area contributed by atoms with Crippen LogP contribution in [0.2, 0.25) is 0 Å². The highest BCUT2D eigenvalue weighted by Crippen LogP contribution is 2.43. The minimum absolute atomic E-state index is 0.134. The molecule has 1 aromatic heterocycles. The second kappa shape index (κ2) is 9.17. The molecule has 0 radical (unpaired) electrons. The Labute approximate surface area is 173 Å². The molecule has 2 nitrogen and oxygen atoms in total. The number of hydrogen-bond donors (Lipinski definition) is 0. The van der Waals surface area contributed by atoms with Crippen LogP contribution in [0, 0.1) is 5.92 Å². The van der Waals surface area contributed by atoms with Crippen LogP contribution in [0.25, 0.3) is 11.1 Å². The SMILES string of the molecule is CC(=O)c1cc2c(s1)CCc1ccc3c(c1-2)CCC3=O.CCCC(CC)CC. The molecule has 0 N–H and O–H groups in total. The quantitative estimate of drug-likeness (QED) is 0.507. The van der Waals surface area contributed by atoms with Crippen molar-refractivity contribution in [2.45, 2.75) is 79.1 Å². The lowest BCUT2D eigenvalue weighted by Crippen LogP contribution is -2.04. The molecular formula is C25H32O2S. The molecule has 2 aromatic rings. The number of carbonyl (C=O) groups excluding carboxylic acids is 2. The van der Waals surface area contributed by atoms with Gasteiger partial charge in [-0.2, -0.15) is 0 Å². The van der Waals surface area contributed by atoms with Gasteiger partial charge in [0.15, 0.2) is 11.6 Å². The smallest absolute Gasteiger partial charge is 0.169 e. The van der Waals surface area contributed by atoms with Gasteiger partial charge in [0.1, 0.15) is 0 Å². The van der Waals surface area contributed by atoms with E-state index < -0.39 is 0 Å². The van der Waals surface area contributed by atoms with Crippen molar-refractivity contribution in [1.29, 1.82) is 0 Å². The zero-order valence-corrected chi connectivity index (χ0v) is 18.5. The fourth-order valence-electron chi connectivity index (χ4n) is 4.49. The van der Waals surface area contributed by atoms with Gasteiger partial charge in [-0.3, -0.25) is 9.59 Å². The van der Waals surface area contributed by atoms with Crippen LogP contribution in [0.15, 0.2) is 18.2 Å². The molecule has 3 heteroatoms. The monoisotopic (exact) mass is 396 g/mol. The maximum absolute atomic E-state index is 11.9. The minimum Gasteiger partial charge on any atom is -0.294 e. The largest absolute Gasteiger partial charge is 0.294 e. The summed E-state index contributed by atoms with van der Waals surface area (Å²) in [6, 6.07) is 6.13. The molecule has 2 aliphatic carbocycles. The molecule has 0 saturated heterocycles. The number of thiophene rings is 1. The van der Waals surface area contributed by atoms with Gasteiger partial charge in [0, 0.05) is 16.9 Å². The van der Waals surface area contributed by atoms with Gasteiger partial charge in [-0.05, 0) is 60.4 Å². The molecule has 0 aliphatic heterocycles. The van der Waals surface area contributed by atoms with Gasteiger partial charge < -0.3 is 0 Å². The van der Waals surface area contributed by atoms with Crippen LogP contribution in [0.1, 0.15) is 95.8 Å². The summed E-state index contributed by atoms with van der Waals surface area (Å²) < 4.78 is 0. The molecular weight excluding hydrogens is 364 g/mol. The molecule has 0 saturated carbocycles. The van der Waals surface area contributed by atoms with E-state index in [9.17, 15) is 9.59 Å². The molecule has 150 valence electrons. The Morgan fingerprint density at radius 2 is 1.79 bits per heavy atom. The van der Waals surface area contributed by atoms with E-state index in [4.69, 9.17) is 0 Å². The zero-order chi connectivity index (χ0) is 20.3. The van der Waals surface area contributed by atoms with E-state index in [0.717, 1.165) is 35.6 Å². The number of benzene rings is 1. The van der Waals surface area contributed by atoms with Crippen molar-refractivity contribution in [3.8, 4) is 11.1 Å². The summed E-state index contributed by atoms with van der Waals surface area (Å²) in [5.41, 5.74) is 5.89. The van der Waals surface area contributed by atoms with Crippen molar-refractivity contribution in [3.63, 3.8) is 0 Å². The number of ketones is 2. The Balaban J connectivity index is 0.000000242. The van der Waals surface area contributed by atoms with Crippen molar-refractivity contribution in [1.82, 2.24) is 0 Å². The second-order valence-electron chi connectivity index (χ2n) is 8.02. The Morgan fingerprint density at radius 1 is 1.04 bits per heavy atom. The summed E-state index contributed by atoms with van der Waals surface area (Å²) in [6.07, 6.45) is 9.01. The van der Waals surface area contributed by atoms with Crippen LogP contribution < -0.4 is 0 Å². The normalized spacial score (nSPS) is 14.2. The van der Waals surface area contributed by atoms with Crippen LogP contribution in [-0.4, -0.2) is 11.6 Å². The van der Waals surface area contributed by atoms with Gasteiger partial charge in [0.2, 0.25) is 0 Å². The first-order chi connectivity index (χ1) is 13.5. The van der Waals surface area contributed by atoms with E-state index in [0.29, 0.717) is 6.42 Å². The molecule has 0 amide bonds. The van der Waals surface area contributed by atoms with Crippen LogP contribution in [0.3, 0.4) is 0 Å². The Morgan fingerprint density at radius 3 is 2.39 bits per heavy atom. The summed E-state index contributed by atoms with van der Waals surface area (Å²) in [5.74, 6) is 1.39. The van der Waals surface area contributed by atoms with E-state index >= 15 is 0 Å². The van der Waals surface area contributed by atoms with E-state index in [1.165, 1.54) is 52.8 Å². The van der Waals surface area contributed by atoms with Gasteiger partial charge in [-0.1, -0.05) is 58.6 Å². The first kappa shape index (κ1) is 21.0. The number of rotatable bonds is 5. The van der Waals surface area contributed by atoms with E-state index in [1.807, 2.05) is 12.1 Å². The summed E-state index contributed by atoms with van der Waals surface area (Å²) in [5, 5.41) is 0. The van der Waals surface area contributed by atoms with Crippen molar-refractivity contribution < 1.29 is 9.59 Å². The molecule has 1 heterocycles. The molecule has 28 heavy (non-hydrogen) atoms. The number of hydrogen-bond acceptors (Lipinski definition) is 3. The zero-order valence-electron chi connectivity index (χ0n) is 17.7. The topological polar surface area (TPSA) is 34.1 Å². The van der Waals surface area contributed by atoms with Crippen LogP contribution in [-0.2, 0) is 19.3 Å². The van der Waals surface area contributed by atoms with E-state index in [2.05, 4.69) is 26.8 Å². The Bertz CT molecular complexity index is 871. The van der Waals surface area contributed by atoms with Gasteiger partial charge in [-0.25, -0.2) is 0 Å². The summed E-state index contributed by atoms with van der Waals surface area (Å²) in [6.45, 7) is 8.45. The minimum atomic E-state index is 0.134. The second-order valence-corrected chi connectivity index (χ2v) is 9.16. The van der Waals surface area contributed by atoms with E-state index in [-0.39, 0.29) is 11.6 Å². The maximum Gasteiger partial charge on any atom is 0.169 e. The van der Waals surface area contributed by atoms with Crippen LogP contribution in [0.5, 0.6) is 0 Å². The van der Waals surface area contributed by atoms with Gasteiger partial charge in [0.05, 0.1) is 4.88 Å². The summed E-state index contributed by atoms with van der Waals surface area (Å²) >= 11 is 1.62. The van der Waals surface area contributed by atoms with E-state index in [1.54, 1.807) is 18.3 Å².